The maximum absolute atomic E-state index is 9.80. The van der Waals surface area contributed by atoms with Gasteiger partial charge in [-0.15, -0.1) is 0 Å². The molecule has 0 amide bonds. The standard InChI is InChI=1S/C22H24N4O/c1-15(27)17-8-9-19-14-26(11-10-18(19)12-17)22-13-21(23-16(2)24-22)25-20-6-4-3-5-7-20/h3-9,12-13,15,27H,10-11,14H2,1-2H3,(H,23,24,25)/t15-/m0/s1. The Hall–Kier alpha value is -2.92. The van der Waals surface area contributed by atoms with E-state index in [9.17, 15) is 5.11 Å². The van der Waals surface area contributed by atoms with Gasteiger partial charge in [0, 0.05) is 24.8 Å². The molecular formula is C22H24N4O. The first-order chi connectivity index (χ1) is 13.1. The third-order valence-corrected chi connectivity index (χ3v) is 4.92. The molecule has 2 heterocycles. The molecule has 0 saturated carbocycles. The van der Waals surface area contributed by atoms with Crippen molar-refractivity contribution in [3.8, 4) is 0 Å². The summed E-state index contributed by atoms with van der Waals surface area (Å²) in [6.07, 6.45) is 0.518. The van der Waals surface area contributed by atoms with Crippen LogP contribution in [-0.4, -0.2) is 21.6 Å². The number of fused-ring (bicyclic) bond motifs is 1. The van der Waals surface area contributed by atoms with Gasteiger partial charge in [-0.05, 0) is 49.1 Å². The van der Waals surface area contributed by atoms with E-state index in [1.807, 2.05) is 56.3 Å². The Morgan fingerprint density at radius 2 is 1.85 bits per heavy atom. The number of aliphatic hydroxyl groups is 1. The van der Waals surface area contributed by atoms with Crippen molar-refractivity contribution >= 4 is 17.3 Å². The highest BCUT2D eigenvalue weighted by atomic mass is 16.3. The van der Waals surface area contributed by atoms with Crippen molar-refractivity contribution in [1.82, 2.24) is 9.97 Å². The van der Waals surface area contributed by atoms with Crippen LogP contribution in [-0.2, 0) is 13.0 Å². The summed E-state index contributed by atoms with van der Waals surface area (Å²) >= 11 is 0. The molecule has 0 unspecified atom stereocenters. The number of nitrogens with one attached hydrogen (secondary N) is 1. The molecule has 2 N–H and O–H groups in total. The highest BCUT2D eigenvalue weighted by molar-refractivity contribution is 5.60. The lowest BCUT2D eigenvalue weighted by Gasteiger charge is -2.30. The highest BCUT2D eigenvalue weighted by Gasteiger charge is 2.19. The fourth-order valence-electron chi connectivity index (χ4n) is 3.48. The topological polar surface area (TPSA) is 61.3 Å². The van der Waals surface area contributed by atoms with Crippen LogP contribution in [0, 0.1) is 6.92 Å². The average Bonchev–Trinajstić information content (AvgIpc) is 2.67. The fourth-order valence-corrected chi connectivity index (χ4v) is 3.48. The molecule has 5 nitrogen and oxygen atoms in total. The van der Waals surface area contributed by atoms with Crippen LogP contribution in [0.5, 0.6) is 0 Å². The number of aliphatic hydroxyl groups excluding tert-OH is 1. The molecule has 4 rings (SSSR count). The Kier molecular flexibility index (Phi) is 4.77. The van der Waals surface area contributed by atoms with Gasteiger partial charge in [0.05, 0.1) is 6.10 Å². The Labute approximate surface area is 159 Å². The molecule has 3 aromatic rings. The first-order valence-electron chi connectivity index (χ1n) is 9.31. The number of para-hydroxylation sites is 1. The van der Waals surface area contributed by atoms with E-state index >= 15 is 0 Å². The van der Waals surface area contributed by atoms with E-state index in [2.05, 4.69) is 32.3 Å². The smallest absolute Gasteiger partial charge is 0.136 e. The molecule has 138 valence electrons. The Balaban J connectivity index is 1.57. The molecule has 1 atom stereocenters. The highest BCUT2D eigenvalue weighted by Crippen LogP contribution is 2.27. The lowest BCUT2D eigenvalue weighted by Crippen LogP contribution is -2.31. The fraction of sp³-hybridized carbons (Fsp3) is 0.273. The van der Waals surface area contributed by atoms with Gasteiger partial charge in [-0.2, -0.15) is 0 Å². The minimum atomic E-state index is -0.426. The number of nitrogens with zero attached hydrogens (tertiary/aromatic N) is 3. The van der Waals surface area contributed by atoms with E-state index < -0.39 is 6.10 Å². The van der Waals surface area contributed by atoms with Gasteiger partial charge in [-0.1, -0.05) is 36.4 Å². The largest absolute Gasteiger partial charge is 0.389 e. The minimum Gasteiger partial charge on any atom is -0.389 e. The van der Waals surface area contributed by atoms with E-state index in [0.717, 1.165) is 48.2 Å². The summed E-state index contributed by atoms with van der Waals surface area (Å²) in [5.41, 5.74) is 4.60. The maximum Gasteiger partial charge on any atom is 0.136 e. The molecular weight excluding hydrogens is 336 g/mol. The summed E-state index contributed by atoms with van der Waals surface area (Å²) in [5.74, 6) is 2.49. The van der Waals surface area contributed by atoms with Gasteiger partial charge < -0.3 is 15.3 Å². The number of anilines is 3. The van der Waals surface area contributed by atoms with E-state index in [4.69, 9.17) is 0 Å². The van der Waals surface area contributed by atoms with Crippen LogP contribution in [0.2, 0.25) is 0 Å². The zero-order chi connectivity index (χ0) is 18.8. The van der Waals surface area contributed by atoms with Crippen LogP contribution in [0.4, 0.5) is 17.3 Å². The van der Waals surface area contributed by atoms with E-state index in [0.29, 0.717) is 0 Å². The van der Waals surface area contributed by atoms with Crippen LogP contribution in [0.25, 0.3) is 0 Å². The van der Waals surface area contributed by atoms with Crippen molar-refractivity contribution in [1.29, 1.82) is 0 Å². The van der Waals surface area contributed by atoms with Crippen LogP contribution in [0.1, 0.15) is 35.5 Å². The molecule has 1 aliphatic rings. The molecule has 5 heteroatoms. The normalized spacial score (nSPS) is 14.6. The molecule has 0 fully saturated rings. The Bertz CT molecular complexity index is 940. The number of aromatic nitrogens is 2. The molecule has 0 spiro atoms. The molecule has 0 aliphatic carbocycles. The molecule has 27 heavy (non-hydrogen) atoms. The van der Waals surface area contributed by atoms with Gasteiger partial charge in [-0.25, -0.2) is 9.97 Å². The monoisotopic (exact) mass is 360 g/mol. The Morgan fingerprint density at radius 1 is 1.04 bits per heavy atom. The molecule has 1 aliphatic heterocycles. The van der Waals surface area contributed by atoms with Gasteiger partial charge in [0.15, 0.2) is 0 Å². The second-order valence-corrected chi connectivity index (χ2v) is 7.03. The zero-order valence-electron chi connectivity index (χ0n) is 15.7. The molecule has 2 aromatic carbocycles. The van der Waals surface area contributed by atoms with Crippen molar-refractivity contribution in [2.75, 3.05) is 16.8 Å². The van der Waals surface area contributed by atoms with Crippen molar-refractivity contribution in [2.24, 2.45) is 0 Å². The predicted molar refractivity (Wildman–Crippen MR) is 108 cm³/mol. The Morgan fingerprint density at radius 3 is 2.63 bits per heavy atom. The van der Waals surface area contributed by atoms with Gasteiger partial charge >= 0.3 is 0 Å². The van der Waals surface area contributed by atoms with Gasteiger partial charge in [0.25, 0.3) is 0 Å². The SMILES string of the molecule is Cc1nc(Nc2ccccc2)cc(N2CCc3cc([C@H](C)O)ccc3C2)n1. The number of benzene rings is 2. The summed E-state index contributed by atoms with van der Waals surface area (Å²) < 4.78 is 0. The average molecular weight is 360 g/mol. The van der Waals surface area contributed by atoms with Crippen molar-refractivity contribution in [3.05, 3.63) is 77.1 Å². The lowest BCUT2D eigenvalue weighted by molar-refractivity contribution is 0.199. The second kappa shape index (κ2) is 7.37. The summed E-state index contributed by atoms with van der Waals surface area (Å²) in [5, 5.41) is 13.2. The second-order valence-electron chi connectivity index (χ2n) is 7.03. The van der Waals surface area contributed by atoms with Crippen LogP contribution < -0.4 is 10.2 Å². The lowest BCUT2D eigenvalue weighted by atomic mass is 9.96. The third-order valence-electron chi connectivity index (χ3n) is 4.92. The first-order valence-corrected chi connectivity index (χ1v) is 9.31. The zero-order valence-corrected chi connectivity index (χ0v) is 15.7. The molecule has 0 bridgehead atoms. The summed E-state index contributed by atoms with van der Waals surface area (Å²) in [7, 11) is 0. The summed E-state index contributed by atoms with van der Waals surface area (Å²) in [6.45, 7) is 5.45. The summed E-state index contributed by atoms with van der Waals surface area (Å²) in [6, 6.07) is 18.3. The number of aryl methyl sites for hydroxylation is 1. The van der Waals surface area contributed by atoms with Crippen LogP contribution in [0.15, 0.2) is 54.6 Å². The van der Waals surface area contributed by atoms with E-state index in [1.54, 1.807) is 0 Å². The van der Waals surface area contributed by atoms with E-state index in [1.165, 1.54) is 11.1 Å². The third kappa shape index (κ3) is 3.93. The van der Waals surface area contributed by atoms with E-state index in [-0.39, 0.29) is 0 Å². The quantitative estimate of drug-likeness (QED) is 0.732. The number of hydrogen-bond acceptors (Lipinski definition) is 5. The maximum atomic E-state index is 9.80. The van der Waals surface area contributed by atoms with Gasteiger partial charge in [-0.3, -0.25) is 0 Å². The minimum absolute atomic E-state index is 0.426. The van der Waals surface area contributed by atoms with Gasteiger partial charge in [0.2, 0.25) is 0 Å². The number of hydrogen-bond donors (Lipinski definition) is 2. The van der Waals surface area contributed by atoms with Crippen molar-refractivity contribution in [3.63, 3.8) is 0 Å². The molecule has 0 saturated heterocycles. The number of rotatable bonds is 4. The predicted octanol–water partition coefficient (Wildman–Crippen LogP) is 4.14. The van der Waals surface area contributed by atoms with Crippen LogP contribution >= 0.6 is 0 Å². The molecule has 0 radical (unpaired) electrons. The van der Waals surface area contributed by atoms with Crippen molar-refractivity contribution < 1.29 is 5.11 Å². The van der Waals surface area contributed by atoms with Crippen LogP contribution in [0.3, 0.4) is 0 Å². The molecule has 1 aromatic heterocycles. The summed E-state index contributed by atoms with van der Waals surface area (Å²) in [4.78, 5) is 11.5. The first kappa shape index (κ1) is 17.5. The van der Waals surface area contributed by atoms with Gasteiger partial charge in [0.1, 0.15) is 17.5 Å². The van der Waals surface area contributed by atoms with Crippen molar-refractivity contribution in [2.45, 2.75) is 32.9 Å².